The van der Waals surface area contributed by atoms with E-state index in [4.69, 9.17) is 14.2 Å². The highest BCUT2D eigenvalue weighted by atomic mass is 16.6. The fourth-order valence-corrected chi connectivity index (χ4v) is 5.27. The lowest BCUT2D eigenvalue weighted by atomic mass is 9.61. The summed E-state index contributed by atoms with van der Waals surface area (Å²) in [5.41, 5.74) is -0.838. The SMILES string of the molecule is CC(C)(C)CC(C)(C(=O)OC1C2OC(=O)C3C2OC2C1C23)C(C)(C)C. The van der Waals surface area contributed by atoms with Crippen LogP contribution in [0.3, 0.4) is 0 Å². The second-order valence-corrected chi connectivity index (χ2v) is 10.8. The molecule has 2 saturated carbocycles. The van der Waals surface area contributed by atoms with Gasteiger partial charge >= 0.3 is 11.9 Å². The van der Waals surface area contributed by atoms with Crippen LogP contribution in [0.2, 0.25) is 0 Å². The molecule has 0 spiro atoms. The average Bonchev–Trinajstić information content (AvgIpc) is 2.90. The summed E-state index contributed by atoms with van der Waals surface area (Å²) in [6.07, 6.45) is -0.153. The Labute approximate surface area is 149 Å². The van der Waals surface area contributed by atoms with E-state index in [9.17, 15) is 9.59 Å². The molecule has 140 valence electrons. The van der Waals surface area contributed by atoms with E-state index >= 15 is 0 Å². The number of carbonyl (C=O) groups is 2. The van der Waals surface area contributed by atoms with Crippen molar-refractivity contribution in [3.63, 3.8) is 0 Å². The number of esters is 2. The zero-order valence-corrected chi connectivity index (χ0v) is 16.3. The summed E-state index contributed by atoms with van der Waals surface area (Å²) in [5.74, 6) is -0.145. The Kier molecular flexibility index (Phi) is 3.32. The van der Waals surface area contributed by atoms with Crippen LogP contribution in [0.1, 0.15) is 54.9 Å². The number of hydrogen-bond acceptors (Lipinski definition) is 5. The van der Waals surface area contributed by atoms with Gasteiger partial charge in [0.2, 0.25) is 0 Å². The molecule has 0 aromatic rings. The van der Waals surface area contributed by atoms with Gasteiger partial charge in [0, 0.05) is 11.8 Å². The minimum atomic E-state index is -0.611. The van der Waals surface area contributed by atoms with Crippen molar-refractivity contribution < 1.29 is 23.8 Å². The van der Waals surface area contributed by atoms with Crippen molar-refractivity contribution in [2.24, 2.45) is 34.0 Å². The minimum absolute atomic E-state index is 0.00585. The van der Waals surface area contributed by atoms with E-state index in [1.807, 2.05) is 6.92 Å². The van der Waals surface area contributed by atoms with Crippen LogP contribution < -0.4 is 0 Å². The van der Waals surface area contributed by atoms with Gasteiger partial charge in [0.15, 0.2) is 6.10 Å². The number of carbonyl (C=O) groups excluding carboxylic acids is 2. The minimum Gasteiger partial charge on any atom is -0.457 e. The van der Waals surface area contributed by atoms with Gasteiger partial charge in [-0.1, -0.05) is 41.5 Å². The third kappa shape index (κ3) is 2.30. The maximum absolute atomic E-state index is 13.3. The monoisotopic (exact) mass is 350 g/mol. The van der Waals surface area contributed by atoms with Gasteiger partial charge in [-0.25, -0.2) is 0 Å². The Morgan fingerprint density at radius 2 is 1.64 bits per heavy atom. The van der Waals surface area contributed by atoms with Crippen LogP contribution in [-0.4, -0.2) is 36.4 Å². The largest absolute Gasteiger partial charge is 0.457 e. The third-order valence-electron chi connectivity index (χ3n) is 6.93. The van der Waals surface area contributed by atoms with Crippen LogP contribution >= 0.6 is 0 Å². The number of hydrogen-bond donors (Lipinski definition) is 0. The lowest BCUT2D eigenvalue weighted by molar-refractivity contribution is -0.193. The molecule has 5 nitrogen and oxygen atoms in total. The van der Waals surface area contributed by atoms with Crippen LogP contribution in [0.25, 0.3) is 0 Å². The van der Waals surface area contributed by atoms with Crippen molar-refractivity contribution in [2.45, 2.75) is 79.3 Å². The molecule has 0 aromatic carbocycles. The molecule has 5 rings (SSSR count). The maximum atomic E-state index is 13.3. The molecule has 6 bridgehead atoms. The molecule has 0 aromatic heterocycles. The van der Waals surface area contributed by atoms with Crippen LogP contribution in [0.15, 0.2) is 0 Å². The first kappa shape index (κ1) is 17.3. The molecule has 8 atom stereocenters. The predicted octanol–water partition coefficient (Wildman–Crippen LogP) is 2.96. The van der Waals surface area contributed by atoms with E-state index in [1.54, 1.807) is 0 Å². The van der Waals surface area contributed by atoms with Gasteiger partial charge in [-0.2, -0.15) is 0 Å². The fourth-order valence-electron chi connectivity index (χ4n) is 5.27. The highest BCUT2D eigenvalue weighted by molar-refractivity contribution is 5.80. The Hall–Kier alpha value is -1.10. The highest BCUT2D eigenvalue weighted by Gasteiger charge is 2.80. The molecule has 2 aliphatic carbocycles. The summed E-state index contributed by atoms with van der Waals surface area (Å²) in [7, 11) is 0. The first-order valence-corrected chi connectivity index (χ1v) is 9.42. The molecule has 0 N–H and O–H groups in total. The standard InChI is InChI=1S/C20H30O5/c1-18(2,3)8-20(7,19(4,5)6)17(22)25-13-10-9-11-14(23-12(9)10)15(13)24-16(11)21/h9-15H,8H2,1-7H3. The van der Waals surface area contributed by atoms with E-state index in [2.05, 4.69) is 41.5 Å². The van der Waals surface area contributed by atoms with Gasteiger partial charge in [0.1, 0.15) is 12.2 Å². The Morgan fingerprint density at radius 3 is 2.20 bits per heavy atom. The molecule has 5 aliphatic rings. The molecular weight excluding hydrogens is 320 g/mol. The van der Waals surface area contributed by atoms with E-state index in [0.29, 0.717) is 0 Å². The quantitative estimate of drug-likeness (QED) is 0.732. The summed E-state index contributed by atoms with van der Waals surface area (Å²) in [6.45, 7) is 14.7. The molecule has 0 amide bonds. The molecule has 5 fully saturated rings. The van der Waals surface area contributed by atoms with Gasteiger partial charge in [-0.15, -0.1) is 0 Å². The summed E-state index contributed by atoms with van der Waals surface area (Å²) in [5, 5.41) is 0. The van der Waals surface area contributed by atoms with Crippen molar-refractivity contribution in [3.8, 4) is 0 Å². The van der Waals surface area contributed by atoms with Crippen LogP contribution in [-0.2, 0) is 23.8 Å². The molecule has 5 heteroatoms. The zero-order chi connectivity index (χ0) is 18.5. The molecule has 0 radical (unpaired) electrons. The second kappa shape index (κ2) is 4.79. The lowest BCUT2D eigenvalue weighted by Gasteiger charge is -2.45. The van der Waals surface area contributed by atoms with E-state index < -0.39 is 11.5 Å². The van der Waals surface area contributed by atoms with Crippen molar-refractivity contribution in [3.05, 3.63) is 0 Å². The molecule has 3 saturated heterocycles. The fraction of sp³-hybridized carbons (Fsp3) is 0.900. The first-order valence-electron chi connectivity index (χ1n) is 9.42. The molecule has 3 aliphatic heterocycles. The normalized spacial score (nSPS) is 43.5. The third-order valence-corrected chi connectivity index (χ3v) is 6.93. The maximum Gasteiger partial charge on any atom is 0.312 e. The second-order valence-electron chi connectivity index (χ2n) is 10.8. The molecule has 3 heterocycles. The molecular formula is C20H30O5. The smallest absolute Gasteiger partial charge is 0.312 e. The van der Waals surface area contributed by atoms with Crippen molar-refractivity contribution in [1.82, 2.24) is 0 Å². The first-order chi connectivity index (χ1) is 11.3. The van der Waals surface area contributed by atoms with Gasteiger partial charge in [-0.05, 0) is 24.2 Å². The summed E-state index contributed by atoms with van der Waals surface area (Å²) >= 11 is 0. The molecule has 8 unspecified atom stereocenters. The predicted molar refractivity (Wildman–Crippen MR) is 90.5 cm³/mol. The van der Waals surface area contributed by atoms with E-state index in [1.165, 1.54) is 0 Å². The zero-order valence-electron chi connectivity index (χ0n) is 16.3. The van der Waals surface area contributed by atoms with Gasteiger partial charge < -0.3 is 14.2 Å². The Bertz CT molecular complexity index is 627. The van der Waals surface area contributed by atoms with Gasteiger partial charge in [-0.3, -0.25) is 9.59 Å². The molecule has 25 heavy (non-hydrogen) atoms. The van der Waals surface area contributed by atoms with Crippen molar-refractivity contribution >= 4 is 11.9 Å². The Morgan fingerprint density at radius 1 is 1.00 bits per heavy atom. The van der Waals surface area contributed by atoms with E-state index in [0.717, 1.165) is 6.42 Å². The van der Waals surface area contributed by atoms with Gasteiger partial charge in [0.05, 0.1) is 17.4 Å². The van der Waals surface area contributed by atoms with Crippen molar-refractivity contribution in [2.75, 3.05) is 0 Å². The Balaban J connectivity index is 1.56. The lowest BCUT2D eigenvalue weighted by Crippen LogP contribution is -2.52. The average molecular weight is 350 g/mol. The van der Waals surface area contributed by atoms with Gasteiger partial charge in [0.25, 0.3) is 0 Å². The van der Waals surface area contributed by atoms with Crippen LogP contribution in [0.4, 0.5) is 0 Å². The highest BCUT2D eigenvalue weighted by Crippen LogP contribution is 2.66. The summed E-state index contributed by atoms with van der Waals surface area (Å²) < 4.78 is 17.5. The topological polar surface area (TPSA) is 61.8 Å². The van der Waals surface area contributed by atoms with E-state index in [-0.39, 0.29) is 58.8 Å². The summed E-state index contributed by atoms with van der Waals surface area (Å²) in [6, 6.07) is 0. The van der Waals surface area contributed by atoms with Crippen LogP contribution in [0, 0.1) is 34.0 Å². The van der Waals surface area contributed by atoms with Crippen LogP contribution in [0.5, 0.6) is 0 Å². The summed E-state index contributed by atoms with van der Waals surface area (Å²) in [4.78, 5) is 25.4. The number of ether oxygens (including phenoxy) is 3. The van der Waals surface area contributed by atoms with Crippen molar-refractivity contribution in [1.29, 1.82) is 0 Å². The number of rotatable bonds is 3.